The van der Waals surface area contributed by atoms with E-state index in [1.807, 2.05) is 0 Å². The molecule has 1 aliphatic rings. The average Bonchev–Trinajstić information content (AvgIpc) is 3.26. The molecule has 0 aliphatic carbocycles. The van der Waals surface area contributed by atoms with Gasteiger partial charge in [0.2, 0.25) is 10.0 Å². The quantitative estimate of drug-likeness (QED) is 0.666. The van der Waals surface area contributed by atoms with Crippen molar-refractivity contribution in [2.24, 2.45) is 0 Å². The van der Waals surface area contributed by atoms with Crippen molar-refractivity contribution >= 4 is 27.2 Å². The fraction of sp³-hybridized carbons (Fsp3) is 0.550. The smallest absolute Gasteiger partial charge is 0.244 e. The monoisotopic (exact) mass is 422 g/mol. The number of anilines is 1. The van der Waals surface area contributed by atoms with Gasteiger partial charge in [0.15, 0.2) is 0 Å². The lowest BCUT2D eigenvalue weighted by Crippen LogP contribution is -2.35. The van der Waals surface area contributed by atoms with E-state index in [4.69, 9.17) is 0 Å². The zero-order chi connectivity index (χ0) is 20.0. The Morgan fingerprint density at radius 3 is 2.50 bits per heavy atom. The minimum Gasteiger partial charge on any atom is -0.368 e. The summed E-state index contributed by atoms with van der Waals surface area (Å²) in [6.45, 7) is 8.22. The molecule has 0 amide bonds. The maximum absolute atomic E-state index is 12.7. The highest BCUT2D eigenvalue weighted by Crippen LogP contribution is 2.24. The fourth-order valence-electron chi connectivity index (χ4n) is 3.68. The molecular formula is C20H30N4O2S2. The number of sulfonamides is 1. The standard InChI is InChI=1S/C20H30N4O2S2/c1-3-23(4-2)19(17-10-13-27-16-17)15-22-20-9-8-18(14-21-20)28(25,26)24-11-6-5-7-12-24/h8-10,13-14,16,19H,3-7,11-12,15H2,1-2H3,(H,21,22). The first kappa shape index (κ1) is 21.2. The van der Waals surface area contributed by atoms with E-state index in [2.05, 4.69) is 45.9 Å². The van der Waals surface area contributed by atoms with Crippen molar-refractivity contribution in [2.75, 3.05) is 38.0 Å². The molecule has 3 rings (SSSR count). The summed E-state index contributed by atoms with van der Waals surface area (Å²) < 4.78 is 27.1. The molecule has 1 saturated heterocycles. The molecule has 2 aromatic rings. The third-order valence-corrected chi connectivity index (χ3v) is 7.93. The lowest BCUT2D eigenvalue weighted by atomic mass is 10.1. The van der Waals surface area contributed by atoms with E-state index >= 15 is 0 Å². The molecule has 2 aromatic heterocycles. The van der Waals surface area contributed by atoms with Gasteiger partial charge in [-0.05, 0) is 60.5 Å². The molecule has 0 aromatic carbocycles. The van der Waals surface area contributed by atoms with Gasteiger partial charge in [0.05, 0.1) is 6.04 Å². The van der Waals surface area contributed by atoms with Crippen LogP contribution in [0.3, 0.4) is 0 Å². The number of piperidine rings is 1. The number of hydrogen-bond donors (Lipinski definition) is 1. The van der Waals surface area contributed by atoms with Gasteiger partial charge in [-0.3, -0.25) is 4.90 Å². The van der Waals surface area contributed by atoms with Crippen molar-refractivity contribution in [1.82, 2.24) is 14.2 Å². The van der Waals surface area contributed by atoms with Crippen molar-refractivity contribution < 1.29 is 8.42 Å². The minimum absolute atomic E-state index is 0.264. The Morgan fingerprint density at radius 1 is 1.18 bits per heavy atom. The van der Waals surface area contributed by atoms with Gasteiger partial charge >= 0.3 is 0 Å². The van der Waals surface area contributed by atoms with E-state index in [9.17, 15) is 8.42 Å². The second-order valence-electron chi connectivity index (χ2n) is 7.02. The summed E-state index contributed by atoms with van der Waals surface area (Å²) in [5.41, 5.74) is 1.30. The molecule has 0 spiro atoms. The van der Waals surface area contributed by atoms with Crippen LogP contribution in [0.15, 0.2) is 40.1 Å². The second-order valence-corrected chi connectivity index (χ2v) is 9.74. The first-order chi connectivity index (χ1) is 13.6. The van der Waals surface area contributed by atoms with E-state index in [0.717, 1.165) is 38.9 Å². The van der Waals surface area contributed by atoms with Gasteiger partial charge in [0.1, 0.15) is 10.7 Å². The molecular weight excluding hydrogens is 392 g/mol. The summed E-state index contributed by atoms with van der Waals surface area (Å²) in [6, 6.07) is 5.86. The van der Waals surface area contributed by atoms with Crippen molar-refractivity contribution in [1.29, 1.82) is 0 Å². The van der Waals surface area contributed by atoms with E-state index in [1.165, 1.54) is 11.8 Å². The molecule has 0 radical (unpaired) electrons. The Bertz CT molecular complexity index is 812. The number of nitrogens with one attached hydrogen (secondary N) is 1. The van der Waals surface area contributed by atoms with Crippen LogP contribution in [0.1, 0.15) is 44.7 Å². The molecule has 0 saturated carbocycles. The summed E-state index contributed by atoms with van der Waals surface area (Å²) in [5, 5.41) is 7.67. The van der Waals surface area contributed by atoms with Crippen LogP contribution < -0.4 is 5.32 Å². The molecule has 28 heavy (non-hydrogen) atoms. The zero-order valence-electron chi connectivity index (χ0n) is 16.7. The second kappa shape index (κ2) is 9.82. The average molecular weight is 423 g/mol. The van der Waals surface area contributed by atoms with E-state index < -0.39 is 10.0 Å². The Labute approximate surface area is 172 Å². The highest BCUT2D eigenvalue weighted by atomic mass is 32.2. The van der Waals surface area contributed by atoms with Gasteiger partial charge in [0, 0.05) is 25.8 Å². The van der Waals surface area contributed by atoms with Gasteiger partial charge in [0.25, 0.3) is 0 Å². The van der Waals surface area contributed by atoms with Gasteiger partial charge < -0.3 is 5.32 Å². The van der Waals surface area contributed by atoms with Crippen molar-refractivity contribution in [3.8, 4) is 0 Å². The molecule has 6 nitrogen and oxygen atoms in total. The summed E-state index contributed by atoms with van der Waals surface area (Å²) in [4.78, 5) is 7.05. The van der Waals surface area contributed by atoms with Crippen LogP contribution in [0.5, 0.6) is 0 Å². The van der Waals surface area contributed by atoms with Gasteiger partial charge in [-0.25, -0.2) is 13.4 Å². The molecule has 3 heterocycles. The van der Waals surface area contributed by atoms with Crippen LogP contribution in [-0.4, -0.2) is 55.3 Å². The predicted octanol–water partition coefficient (Wildman–Crippen LogP) is 3.81. The van der Waals surface area contributed by atoms with Gasteiger partial charge in [-0.1, -0.05) is 20.3 Å². The first-order valence-corrected chi connectivity index (χ1v) is 12.4. The van der Waals surface area contributed by atoms with Crippen LogP contribution >= 0.6 is 11.3 Å². The van der Waals surface area contributed by atoms with Crippen LogP contribution in [0.25, 0.3) is 0 Å². The summed E-state index contributed by atoms with van der Waals surface area (Å²) in [6.07, 6.45) is 4.44. The first-order valence-electron chi connectivity index (χ1n) is 10.0. The molecule has 0 bridgehead atoms. The number of rotatable bonds is 9. The SMILES string of the molecule is CCN(CC)C(CNc1ccc(S(=O)(=O)N2CCCCC2)cn1)c1ccsc1. The molecule has 1 aliphatic heterocycles. The third-order valence-electron chi connectivity index (χ3n) is 5.35. The maximum atomic E-state index is 12.7. The minimum atomic E-state index is -3.43. The highest BCUT2D eigenvalue weighted by molar-refractivity contribution is 7.89. The highest BCUT2D eigenvalue weighted by Gasteiger charge is 2.26. The van der Waals surface area contributed by atoms with Gasteiger partial charge in [-0.2, -0.15) is 15.6 Å². The van der Waals surface area contributed by atoms with E-state index in [1.54, 1.807) is 27.8 Å². The topological polar surface area (TPSA) is 65.5 Å². The molecule has 1 unspecified atom stereocenters. The van der Waals surface area contributed by atoms with Gasteiger partial charge in [-0.15, -0.1) is 0 Å². The summed E-state index contributed by atoms with van der Waals surface area (Å²) >= 11 is 1.70. The molecule has 8 heteroatoms. The third kappa shape index (κ3) is 4.92. The van der Waals surface area contributed by atoms with Crippen molar-refractivity contribution in [3.05, 3.63) is 40.7 Å². The van der Waals surface area contributed by atoms with Crippen LogP contribution in [0.4, 0.5) is 5.82 Å². The Balaban J connectivity index is 1.68. The van der Waals surface area contributed by atoms with Crippen molar-refractivity contribution in [3.63, 3.8) is 0 Å². The number of pyridine rings is 1. The molecule has 1 fully saturated rings. The summed E-state index contributed by atoms with van der Waals surface area (Å²) in [7, 11) is -3.43. The zero-order valence-corrected chi connectivity index (χ0v) is 18.3. The lowest BCUT2D eigenvalue weighted by Gasteiger charge is -2.29. The fourth-order valence-corrected chi connectivity index (χ4v) is 5.85. The maximum Gasteiger partial charge on any atom is 0.244 e. The normalized spacial score (nSPS) is 17.0. The molecule has 1 atom stereocenters. The molecule has 154 valence electrons. The van der Waals surface area contributed by atoms with Crippen molar-refractivity contribution in [2.45, 2.75) is 44.0 Å². The Morgan fingerprint density at radius 2 is 1.93 bits per heavy atom. The lowest BCUT2D eigenvalue weighted by molar-refractivity contribution is 0.228. The number of aromatic nitrogens is 1. The Kier molecular flexibility index (Phi) is 7.45. The summed E-state index contributed by atoms with van der Waals surface area (Å²) in [5.74, 6) is 0.699. The van der Waals surface area contributed by atoms with Crippen LogP contribution in [0, 0.1) is 0 Å². The number of thiophene rings is 1. The van der Waals surface area contributed by atoms with E-state index in [-0.39, 0.29) is 10.9 Å². The Hall–Kier alpha value is -1.48. The number of hydrogen-bond acceptors (Lipinski definition) is 6. The number of nitrogens with zero attached hydrogens (tertiary/aromatic N) is 3. The number of likely N-dealkylation sites (N-methyl/N-ethyl adjacent to an activating group) is 1. The predicted molar refractivity (Wildman–Crippen MR) is 115 cm³/mol. The largest absolute Gasteiger partial charge is 0.368 e. The van der Waals surface area contributed by atoms with Crippen LogP contribution in [0.2, 0.25) is 0 Å². The van der Waals surface area contributed by atoms with E-state index in [0.29, 0.717) is 18.9 Å². The van der Waals surface area contributed by atoms with Crippen LogP contribution in [-0.2, 0) is 10.0 Å². The molecule has 1 N–H and O–H groups in total.